The molecule has 0 saturated carbocycles. The van der Waals surface area contributed by atoms with Crippen LogP contribution in [-0.2, 0) is 0 Å². The molecule has 0 aliphatic heterocycles. The molecule has 0 fully saturated rings. The zero-order chi connectivity index (χ0) is 16.7. The van der Waals surface area contributed by atoms with Gasteiger partial charge in [0.1, 0.15) is 0 Å². The third-order valence-electron chi connectivity index (χ3n) is 3.74. The van der Waals surface area contributed by atoms with E-state index in [0.29, 0.717) is 11.5 Å². The van der Waals surface area contributed by atoms with Gasteiger partial charge in [0.05, 0.1) is 11.6 Å². The lowest BCUT2D eigenvalue weighted by Gasteiger charge is -2.17. The van der Waals surface area contributed by atoms with Crippen molar-refractivity contribution in [3.63, 3.8) is 0 Å². The third-order valence-corrected chi connectivity index (χ3v) is 3.74. The van der Waals surface area contributed by atoms with Crippen molar-refractivity contribution in [1.82, 2.24) is 15.3 Å². The van der Waals surface area contributed by atoms with Crippen molar-refractivity contribution in [1.29, 1.82) is 0 Å². The van der Waals surface area contributed by atoms with Gasteiger partial charge < -0.3 is 10.2 Å². The monoisotopic (exact) mass is 312 g/mol. The highest BCUT2D eigenvalue weighted by molar-refractivity contribution is 5.93. The summed E-state index contributed by atoms with van der Waals surface area (Å²) in [6, 6.07) is 9.81. The average Bonchev–Trinajstić information content (AvgIpc) is 2.60. The zero-order valence-corrected chi connectivity index (χ0v) is 14.0. The maximum Gasteiger partial charge on any atom is 0.254 e. The molecule has 2 aromatic rings. The predicted molar refractivity (Wildman–Crippen MR) is 92.5 cm³/mol. The number of benzene rings is 1. The number of carbonyl (C=O) groups excluding carboxylic acids is 1. The number of anilines is 1. The number of carbonyl (C=O) groups is 1. The maximum absolute atomic E-state index is 12.3. The molecule has 0 bridgehead atoms. The van der Waals surface area contributed by atoms with Gasteiger partial charge in [-0.15, -0.1) is 0 Å². The third kappa shape index (κ3) is 4.77. The number of hydrogen-bond donors (Lipinski definition) is 1. The SMILES string of the molecule is CCCCN(C)c1ncc(C(=O)NC(C)c2ccccc2)cn1. The zero-order valence-electron chi connectivity index (χ0n) is 14.0. The standard InChI is InChI=1S/C18H24N4O/c1-4-5-11-22(3)18-19-12-16(13-20-18)17(23)21-14(2)15-9-7-6-8-10-15/h6-10,12-14H,4-5,11H2,1-3H3,(H,21,23). The molecule has 1 N–H and O–H groups in total. The summed E-state index contributed by atoms with van der Waals surface area (Å²) in [5.74, 6) is 0.482. The van der Waals surface area contributed by atoms with Crippen LogP contribution in [-0.4, -0.2) is 29.5 Å². The van der Waals surface area contributed by atoms with Crippen LogP contribution in [0.1, 0.15) is 48.7 Å². The molecule has 1 atom stereocenters. The minimum atomic E-state index is -0.163. The molecule has 122 valence electrons. The van der Waals surface area contributed by atoms with E-state index < -0.39 is 0 Å². The number of amides is 1. The summed E-state index contributed by atoms with van der Waals surface area (Å²) < 4.78 is 0. The lowest BCUT2D eigenvalue weighted by atomic mass is 10.1. The van der Waals surface area contributed by atoms with Gasteiger partial charge in [0.25, 0.3) is 5.91 Å². The van der Waals surface area contributed by atoms with Crippen LogP contribution in [0.25, 0.3) is 0 Å². The quantitative estimate of drug-likeness (QED) is 0.853. The van der Waals surface area contributed by atoms with Gasteiger partial charge in [-0.05, 0) is 18.9 Å². The van der Waals surface area contributed by atoms with Gasteiger partial charge in [0.15, 0.2) is 0 Å². The maximum atomic E-state index is 12.3. The molecule has 5 nitrogen and oxygen atoms in total. The normalized spacial score (nSPS) is 11.8. The molecule has 23 heavy (non-hydrogen) atoms. The van der Waals surface area contributed by atoms with E-state index in [1.165, 1.54) is 0 Å². The van der Waals surface area contributed by atoms with E-state index in [-0.39, 0.29) is 11.9 Å². The number of hydrogen-bond acceptors (Lipinski definition) is 4. The highest BCUT2D eigenvalue weighted by Gasteiger charge is 2.13. The molecular weight excluding hydrogens is 288 g/mol. The van der Waals surface area contributed by atoms with E-state index in [4.69, 9.17) is 0 Å². The molecule has 0 aliphatic carbocycles. The fraction of sp³-hybridized carbons (Fsp3) is 0.389. The summed E-state index contributed by atoms with van der Waals surface area (Å²) in [4.78, 5) is 22.8. The average molecular weight is 312 g/mol. The van der Waals surface area contributed by atoms with Crippen LogP contribution in [0.2, 0.25) is 0 Å². The van der Waals surface area contributed by atoms with Gasteiger partial charge in [0, 0.05) is 26.0 Å². The number of unbranched alkanes of at least 4 members (excludes halogenated alkanes) is 1. The second-order valence-electron chi connectivity index (χ2n) is 5.65. The molecule has 1 heterocycles. The molecule has 1 amide bonds. The predicted octanol–water partition coefficient (Wildman–Crippen LogP) is 3.20. The Bertz CT molecular complexity index is 613. The highest BCUT2D eigenvalue weighted by Crippen LogP contribution is 2.12. The smallest absolute Gasteiger partial charge is 0.254 e. The Morgan fingerprint density at radius 3 is 2.48 bits per heavy atom. The van der Waals surface area contributed by atoms with Crippen molar-refractivity contribution in [2.24, 2.45) is 0 Å². The Balaban J connectivity index is 1.97. The molecule has 2 rings (SSSR count). The van der Waals surface area contributed by atoms with Crippen molar-refractivity contribution < 1.29 is 4.79 Å². The van der Waals surface area contributed by atoms with E-state index >= 15 is 0 Å². The van der Waals surface area contributed by atoms with Crippen LogP contribution < -0.4 is 10.2 Å². The molecule has 5 heteroatoms. The van der Waals surface area contributed by atoms with E-state index in [1.54, 1.807) is 12.4 Å². The molecule has 0 radical (unpaired) electrons. The second kappa shape index (κ2) is 8.27. The Labute approximate surface area is 137 Å². The summed E-state index contributed by atoms with van der Waals surface area (Å²) >= 11 is 0. The molecule has 1 unspecified atom stereocenters. The summed E-state index contributed by atoms with van der Waals surface area (Å²) in [5, 5.41) is 2.96. The number of rotatable bonds is 7. The largest absolute Gasteiger partial charge is 0.345 e. The van der Waals surface area contributed by atoms with Crippen LogP contribution in [0.4, 0.5) is 5.95 Å². The first-order chi connectivity index (χ1) is 11.1. The second-order valence-corrected chi connectivity index (χ2v) is 5.65. The summed E-state index contributed by atoms with van der Waals surface area (Å²) in [5.41, 5.74) is 1.54. The first-order valence-electron chi connectivity index (χ1n) is 8.00. The van der Waals surface area contributed by atoms with Gasteiger partial charge in [-0.2, -0.15) is 0 Å². The number of aromatic nitrogens is 2. The molecule has 0 aliphatic rings. The molecule has 0 spiro atoms. The van der Waals surface area contributed by atoms with Crippen LogP contribution in [0, 0.1) is 0 Å². The lowest BCUT2D eigenvalue weighted by Crippen LogP contribution is -2.27. The summed E-state index contributed by atoms with van der Waals surface area (Å²) in [7, 11) is 1.96. The summed E-state index contributed by atoms with van der Waals surface area (Å²) in [6.45, 7) is 5.02. The van der Waals surface area contributed by atoms with Crippen molar-refractivity contribution in [3.05, 3.63) is 53.9 Å². The Morgan fingerprint density at radius 1 is 1.22 bits per heavy atom. The number of nitrogens with zero attached hydrogens (tertiary/aromatic N) is 3. The minimum absolute atomic E-state index is 0.0596. The van der Waals surface area contributed by atoms with Crippen molar-refractivity contribution in [2.45, 2.75) is 32.7 Å². The minimum Gasteiger partial charge on any atom is -0.345 e. The molecule has 1 aromatic heterocycles. The van der Waals surface area contributed by atoms with Gasteiger partial charge in [0.2, 0.25) is 5.95 Å². The topological polar surface area (TPSA) is 58.1 Å². The van der Waals surface area contributed by atoms with Crippen LogP contribution in [0.3, 0.4) is 0 Å². The number of nitrogens with one attached hydrogen (secondary N) is 1. The van der Waals surface area contributed by atoms with Crippen LogP contribution in [0.5, 0.6) is 0 Å². The summed E-state index contributed by atoms with van der Waals surface area (Å²) in [6.07, 6.45) is 5.38. The van der Waals surface area contributed by atoms with Crippen molar-refractivity contribution >= 4 is 11.9 Å². The Morgan fingerprint density at radius 2 is 1.87 bits per heavy atom. The Kier molecular flexibility index (Phi) is 6.09. The van der Waals surface area contributed by atoms with Crippen molar-refractivity contribution in [2.75, 3.05) is 18.5 Å². The van der Waals surface area contributed by atoms with Crippen LogP contribution in [0.15, 0.2) is 42.7 Å². The molecule has 1 aromatic carbocycles. The lowest BCUT2D eigenvalue weighted by molar-refractivity contribution is 0.0939. The van der Waals surface area contributed by atoms with Gasteiger partial charge >= 0.3 is 0 Å². The van der Waals surface area contributed by atoms with E-state index in [2.05, 4.69) is 22.2 Å². The fourth-order valence-corrected chi connectivity index (χ4v) is 2.24. The van der Waals surface area contributed by atoms with Gasteiger partial charge in [-0.25, -0.2) is 9.97 Å². The fourth-order valence-electron chi connectivity index (χ4n) is 2.24. The van der Waals surface area contributed by atoms with Gasteiger partial charge in [-0.3, -0.25) is 4.79 Å². The van der Waals surface area contributed by atoms with Gasteiger partial charge in [-0.1, -0.05) is 43.7 Å². The van der Waals surface area contributed by atoms with Crippen molar-refractivity contribution in [3.8, 4) is 0 Å². The first kappa shape index (κ1) is 16.9. The highest BCUT2D eigenvalue weighted by atomic mass is 16.1. The van der Waals surface area contributed by atoms with E-state index in [1.807, 2.05) is 49.2 Å². The van der Waals surface area contributed by atoms with E-state index in [9.17, 15) is 4.79 Å². The van der Waals surface area contributed by atoms with E-state index in [0.717, 1.165) is 24.9 Å². The van der Waals surface area contributed by atoms with Crippen LogP contribution >= 0.6 is 0 Å². The molecular formula is C18H24N4O. The molecule has 0 saturated heterocycles. The first-order valence-corrected chi connectivity index (χ1v) is 8.00. The Hall–Kier alpha value is -2.43.